The molecule has 3 nitrogen and oxygen atoms in total. The Morgan fingerprint density at radius 1 is 1.39 bits per heavy atom. The molecule has 1 aromatic carbocycles. The molecule has 94 valence electrons. The maximum Gasteiger partial charge on any atom is 0.0706 e. The standard InChI is InChI=1S/C14H16BrN3/c1-9-7-13(16)11(8-12(9)15)14-5-6-17-18(14)10-3-2-4-10/h5-8,10H,2-4,16H2,1H3. The van der Waals surface area contributed by atoms with Crippen molar-refractivity contribution in [2.24, 2.45) is 0 Å². The van der Waals surface area contributed by atoms with Crippen LogP contribution in [0, 0.1) is 6.92 Å². The molecule has 0 unspecified atom stereocenters. The molecule has 4 heteroatoms. The summed E-state index contributed by atoms with van der Waals surface area (Å²) in [6, 6.07) is 6.70. The molecule has 1 fully saturated rings. The molecule has 0 saturated heterocycles. The van der Waals surface area contributed by atoms with Gasteiger partial charge in [-0.05, 0) is 49.9 Å². The molecule has 1 aliphatic rings. The largest absolute Gasteiger partial charge is 0.398 e. The summed E-state index contributed by atoms with van der Waals surface area (Å²) in [6.07, 6.45) is 5.61. The third-order valence-electron chi connectivity index (χ3n) is 3.70. The summed E-state index contributed by atoms with van der Waals surface area (Å²) in [5.41, 5.74) is 10.3. The Hall–Kier alpha value is -1.29. The minimum absolute atomic E-state index is 0.550. The van der Waals surface area contributed by atoms with Crippen LogP contribution in [0.1, 0.15) is 30.9 Å². The predicted molar refractivity (Wildman–Crippen MR) is 77.4 cm³/mol. The van der Waals surface area contributed by atoms with Gasteiger partial charge in [0.25, 0.3) is 0 Å². The number of hydrogen-bond donors (Lipinski definition) is 1. The first-order valence-corrected chi connectivity index (χ1v) is 7.05. The maximum absolute atomic E-state index is 6.15. The molecule has 18 heavy (non-hydrogen) atoms. The Morgan fingerprint density at radius 3 is 2.83 bits per heavy atom. The second-order valence-corrected chi connectivity index (χ2v) is 5.79. The van der Waals surface area contributed by atoms with Crippen LogP contribution >= 0.6 is 15.9 Å². The number of nitrogen functional groups attached to an aromatic ring is 1. The van der Waals surface area contributed by atoms with E-state index in [4.69, 9.17) is 5.73 Å². The van der Waals surface area contributed by atoms with Crippen molar-refractivity contribution in [3.8, 4) is 11.3 Å². The lowest BCUT2D eigenvalue weighted by Gasteiger charge is -2.27. The normalized spacial score (nSPS) is 15.7. The molecule has 1 aliphatic carbocycles. The van der Waals surface area contributed by atoms with Crippen molar-refractivity contribution < 1.29 is 0 Å². The summed E-state index contributed by atoms with van der Waals surface area (Å²) in [5, 5.41) is 4.45. The minimum Gasteiger partial charge on any atom is -0.398 e. The maximum atomic E-state index is 6.15. The number of nitrogens with two attached hydrogens (primary N) is 1. The summed E-state index contributed by atoms with van der Waals surface area (Å²) < 4.78 is 3.21. The van der Waals surface area contributed by atoms with Gasteiger partial charge < -0.3 is 5.73 Å². The SMILES string of the molecule is Cc1cc(N)c(-c2ccnn2C2CCC2)cc1Br. The highest BCUT2D eigenvalue weighted by Crippen LogP contribution is 2.37. The van der Waals surface area contributed by atoms with Crippen molar-refractivity contribution in [2.45, 2.75) is 32.2 Å². The smallest absolute Gasteiger partial charge is 0.0706 e. The molecule has 3 rings (SSSR count). The number of hydrogen-bond acceptors (Lipinski definition) is 2. The van der Waals surface area contributed by atoms with Gasteiger partial charge in [0, 0.05) is 21.9 Å². The predicted octanol–water partition coefficient (Wildman–Crippen LogP) is 3.93. The number of rotatable bonds is 2. The third-order valence-corrected chi connectivity index (χ3v) is 4.55. The number of nitrogens with zero attached hydrogens (tertiary/aromatic N) is 2. The Morgan fingerprint density at radius 2 is 2.17 bits per heavy atom. The van der Waals surface area contributed by atoms with E-state index in [1.165, 1.54) is 19.3 Å². The first-order valence-electron chi connectivity index (χ1n) is 6.26. The highest BCUT2D eigenvalue weighted by Gasteiger charge is 2.23. The van der Waals surface area contributed by atoms with Crippen LogP contribution < -0.4 is 5.73 Å². The summed E-state index contributed by atoms with van der Waals surface area (Å²) in [5.74, 6) is 0. The quantitative estimate of drug-likeness (QED) is 0.854. The zero-order chi connectivity index (χ0) is 12.7. The average molecular weight is 306 g/mol. The molecule has 1 aromatic heterocycles. The summed E-state index contributed by atoms with van der Waals surface area (Å²) >= 11 is 3.57. The summed E-state index contributed by atoms with van der Waals surface area (Å²) in [6.45, 7) is 2.05. The van der Waals surface area contributed by atoms with Gasteiger partial charge in [0.2, 0.25) is 0 Å². The first kappa shape index (κ1) is 11.8. The van der Waals surface area contributed by atoms with Gasteiger partial charge in [-0.3, -0.25) is 4.68 Å². The van der Waals surface area contributed by atoms with Gasteiger partial charge in [-0.1, -0.05) is 15.9 Å². The van der Waals surface area contributed by atoms with Crippen LogP contribution in [0.2, 0.25) is 0 Å². The van der Waals surface area contributed by atoms with E-state index in [9.17, 15) is 0 Å². The van der Waals surface area contributed by atoms with Crippen molar-refractivity contribution in [1.82, 2.24) is 9.78 Å². The number of aryl methyl sites for hydroxylation is 1. The first-order chi connectivity index (χ1) is 8.66. The highest BCUT2D eigenvalue weighted by molar-refractivity contribution is 9.10. The van der Waals surface area contributed by atoms with Crippen LogP contribution in [0.3, 0.4) is 0 Å². The van der Waals surface area contributed by atoms with E-state index in [1.54, 1.807) is 0 Å². The average Bonchev–Trinajstić information content (AvgIpc) is 2.70. The van der Waals surface area contributed by atoms with Gasteiger partial charge in [0.05, 0.1) is 11.7 Å². The molecule has 0 bridgehead atoms. The van der Waals surface area contributed by atoms with Gasteiger partial charge in [0.1, 0.15) is 0 Å². The minimum atomic E-state index is 0.550. The molecule has 2 aromatic rings. The second-order valence-electron chi connectivity index (χ2n) is 4.93. The van der Waals surface area contributed by atoms with E-state index in [1.807, 2.05) is 25.3 Å². The highest BCUT2D eigenvalue weighted by atomic mass is 79.9. The van der Waals surface area contributed by atoms with Crippen LogP contribution in [0.5, 0.6) is 0 Å². The van der Waals surface area contributed by atoms with Gasteiger partial charge in [-0.2, -0.15) is 5.10 Å². The van der Waals surface area contributed by atoms with Crippen molar-refractivity contribution in [3.05, 3.63) is 34.4 Å². The van der Waals surface area contributed by atoms with E-state index in [2.05, 4.69) is 31.8 Å². The van der Waals surface area contributed by atoms with E-state index >= 15 is 0 Å². The Bertz CT molecular complexity index is 585. The number of halogens is 1. The Balaban J connectivity index is 2.09. The molecule has 1 heterocycles. The topological polar surface area (TPSA) is 43.8 Å². The van der Waals surface area contributed by atoms with Crippen molar-refractivity contribution in [1.29, 1.82) is 0 Å². The summed E-state index contributed by atoms with van der Waals surface area (Å²) in [7, 11) is 0. The van der Waals surface area contributed by atoms with Crippen molar-refractivity contribution in [2.75, 3.05) is 5.73 Å². The van der Waals surface area contributed by atoms with Crippen molar-refractivity contribution in [3.63, 3.8) is 0 Å². The lowest BCUT2D eigenvalue weighted by Crippen LogP contribution is -2.19. The fraction of sp³-hybridized carbons (Fsp3) is 0.357. The Kier molecular flexibility index (Phi) is 2.90. The molecule has 0 amide bonds. The van der Waals surface area contributed by atoms with Gasteiger partial charge in [-0.15, -0.1) is 0 Å². The van der Waals surface area contributed by atoms with Gasteiger partial charge in [0.15, 0.2) is 0 Å². The number of anilines is 1. The van der Waals surface area contributed by atoms with Gasteiger partial charge in [-0.25, -0.2) is 0 Å². The van der Waals surface area contributed by atoms with Gasteiger partial charge >= 0.3 is 0 Å². The van der Waals surface area contributed by atoms with E-state index in [0.717, 1.165) is 27.0 Å². The van der Waals surface area contributed by atoms with E-state index < -0.39 is 0 Å². The lowest BCUT2D eigenvalue weighted by molar-refractivity contribution is 0.292. The molecule has 1 saturated carbocycles. The number of benzene rings is 1. The lowest BCUT2D eigenvalue weighted by atomic mass is 9.92. The third kappa shape index (κ3) is 1.85. The molecule has 0 radical (unpaired) electrons. The Labute approximate surface area is 115 Å². The molecular formula is C14H16BrN3. The van der Waals surface area contributed by atoms with E-state index in [-0.39, 0.29) is 0 Å². The fourth-order valence-electron chi connectivity index (χ4n) is 2.38. The van der Waals surface area contributed by atoms with Crippen LogP contribution in [-0.2, 0) is 0 Å². The molecule has 0 spiro atoms. The molecule has 2 N–H and O–H groups in total. The summed E-state index contributed by atoms with van der Waals surface area (Å²) in [4.78, 5) is 0. The van der Waals surface area contributed by atoms with Crippen molar-refractivity contribution >= 4 is 21.6 Å². The van der Waals surface area contributed by atoms with Crippen LogP contribution in [0.4, 0.5) is 5.69 Å². The number of aromatic nitrogens is 2. The van der Waals surface area contributed by atoms with Crippen LogP contribution in [0.25, 0.3) is 11.3 Å². The zero-order valence-corrected chi connectivity index (χ0v) is 11.9. The second kappa shape index (κ2) is 4.43. The fourth-order valence-corrected chi connectivity index (χ4v) is 2.72. The molecular weight excluding hydrogens is 290 g/mol. The molecule has 0 atom stereocenters. The zero-order valence-electron chi connectivity index (χ0n) is 10.4. The molecule has 0 aliphatic heterocycles. The monoisotopic (exact) mass is 305 g/mol. The van der Waals surface area contributed by atoms with Crippen LogP contribution in [-0.4, -0.2) is 9.78 Å². The van der Waals surface area contributed by atoms with E-state index in [0.29, 0.717) is 6.04 Å². The van der Waals surface area contributed by atoms with Crippen LogP contribution in [0.15, 0.2) is 28.9 Å².